The summed E-state index contributed by atoms with van der Waals surface area (Å²) < 4.78 is 0. The topological polar surface area (TPSA) is 78.1 Å². The van der Waals surface area contributed by atoms with E-state index >= 15 is 0 Å². The first kappa shape index (κ1) is 19.1. The zero-order chi connectivity index (χ0) is 19.4. The van der Waals surface area contributed by atoms with Crippen LogP contribution in [0.5, 0.6) is 0 Å². The summed E-state index contributed by atoms with van der Waals surface area (Å²) in [6.45, 7) is 2.45. The van der Waals surface area contributed by atoms with Gasteiger partial charge in [-0.1, -0.05) is 35.9 Å². The Labute approximate surface area is 162 Å². The van der Waals surface area contributed by atoms with Gasteiger partial charge in [0.05, 0.1) is 30.0 Å². The predicted molar refractivity (Wildman–Crippen MR) is 107 cm³/mol. The number of halogens is 1. The molecule has 1 unspecified atom stereocenters. The van der Waals surface area contributed by atoms with Crippen LogP contribution in [0, 0.1) is 0 Å². The molecule has 0 spiro atoms. The van der Waals surface area contributed by atoms with Gasteiger partial charge in [0.15, 0.2) is 0 Å². The van der Waals surface area contributed by atoms with Crippen molar-refractivity contribution in [2.75, 3.05) is 13.6 Å². The van der Waals surface area contributed by atoms with Crippen LogP contribution in [0.25, 0.3) is 10.9 Å². The minimum Gasteiger partial charge on any atom is -0.348 e. The molecule has 0 fully saturated rings. The summed E-state index contributed by atoms with van der Waals surface area (Å²) in [5.74, 6) is 0.407. The van der Waals surface area contributed by atoms with Crippen LogP contribution in [0.15, 0.2) is 53.3 Å². The molecule has 3 rings (SSSR count). The number of likely N-dealkylation sites (N-methyl/N-ethyl adjacent to an activating group) is 1. The molecule has 2 N–H and O–H groups in total. The van der Waals surface area contributed by atoms with E-state index in [0.29, 0.717) is 28.3 Å². The van der Waals surface area contributed by atoms with E-state index in [-0.39, 0.29) is 24.1 Å². The van der Waals surface area contributed by atoms with Crippen LogP contribution >= 0.6 is 11.6 Å². The normalized spacial score (nSPS) is 12.3. The lowest BCUT2D eigenvalue weighted by atomic mass is 10.1. The van der Waals surface area contributed by atoms with E-state index < -0.39 is 0 Å². The number of para-hydroxylation sites is 1. The smallest absolute Gasteiger partial charge is 0.258 e. The van der Waals surface area contributed by atoms with Crippen LogP contribution in [0.2, 0.25) is 5.02 Å². The predicted octanol–water partition coefficient (Wildman–Crippen LogP) is 2.89. The van der Waals surface area contributed by atoms with Crippen LogP contribution in [-0.4, -0.2) is 34.4 Å². The third-order valence-corrected chi connectivity index (χ3v) is 4.46. The Balaban J connectivity index is 1.61. The van der Waals surface area contributed by atoms with Crippen LogP contribution in [0.1, 0.15) is 24.4 Å². The molecule has 1 amide bonds. The molecule has 7 heteroatoms. The molecule has 140 valence electrons. The summed E-state index contributed by atoms with van der Waals surface area (Å²) in [5.41, 5.74) is 1.41. The third-order valence-electron chi connectivity index (χ3n) is 4.22. The van der Waals surface area contributed by atoms with E-state index in [9.17, 15) is 9.59 Å². The molecule has 1 aromatic heterocycles. The van der Waals surface area contributed by atoms with Crippen LogP contribution in [-0.2, 0) is 11.3 Å². The van der Waals surface area contributed by atoms with Gasteiger partial charge in [0.1, 0.15) is 5.82 Å². The van der Waals surface area contributed by atoms with E-state index in [4.69, 9.17) is 11.6 Å². The quantitative estimate of drug-likeness (QED) is 0.685. The number of aromatic nitrogens is 2. The molecular formula is C20H21ClN4O2. The minimum atomic E-state index is -0.178. The summed E-state index contributed by atoms with van der Waals surface area (Å²) in [6, 6.07) is 14.4. The molecule has 0 saturated carbocycles. The lowest BCUT2D eigenvalue weighted by Crippen LogP contribution is -2.36. The SMILES string of the molecule is CC(NC(=O)CN(C)Cc1nc2ccccc2c(=O)[nH]1)c1cccc(Cl)c1. The van der Waals surface area contributed by atoms with E-state index in [1.54, 1.807) is 36.2 Å². The molecule has 3 aromatic rings. The molecule has 0 aliphatic heterocycles. The van der Waals surface area contributed by atoms with Crippen molar-refractivity contribution >= 4 is 28.4 Å². The summed E-state index contributed by atoms with van der Waals surface area (Å²) in [5, 5.41) is 4.14. The second kappa shape index (κ2) is 8.33. The van der Waals surface area contributed by atoms with Crippen molar-refractivity contribution in [3.63, 3.8) is 0 Å². The molecule has 1 heterocycles. The second-order valence-electron chi connectivity index (χ2n) is 6.55. The maximum absolute atomic E-state index is 12.3. The molecule has 27 heavy (non-hydrogen) atoms. The van der Waals surface area contributed by atoms with E-state index in [1.165, 1.54) is 0 Å². The Morgan fingerprint density at radius 2 is 2.04 bits per heavy atom. The summed E-state index contributed by atoms with van der Waals surface area (Å²) in [6.07, 6.45) is 0. The van der Waals surface area contributed by atoms with Crippen molar-refractivity contribution in [2.24, 2.45) is 0 Å². The Bertz CT molecular complexity index is 1020. The zero-order valence-electron chi connectivity index (χ0n) is 15.2. The van der Waals surface area contributed by atoms with Crippen molar-refractivity contribution in [1.29, 1.82) is 0 Å². The number of benzene rings is 2. The van der Waals surface area contributed by atoms with Gasteiger partial charge >= 0.3 is 0 Å². The Kier molecular flexibility index (Phi) is 5.88. The van der Waals surface area contributed by atoms with Gasteiger partial charge in [0.2, 0.25) is 5.91 Å². The highest BCUT2D eigenvalue weighted by Crippen LogP contribution is 2.17. The average molecular weight is 385 g/mol. The van der Waals surface area contributed by atoms with Crippen LogP contribution in [0.3, 0.4) is 0 Å². The lowest BCUT2D eigenvalue weighted by Gasteiger charge is -2.19. The van der Waals surface area contributed by atoms with Gasteiger partial charge in [0, 0.05) is 5.02 Å². The third kappa shape index (κ3) is 4.93. The fourth-order valence-corrected chi connectivity index (χ4v) is 3.11. The number of carbonyl (C=O) groups excluding carboxylic acids is 1. The fourth-order valence-electron chi connectivity index (χ4n) is 2.91. The van der Waals surface area contributed by atoms with Crippen molar-refractivity contribution in [3.05, 3.63) is 75.3 Å². The first-order chi connectivity index (χ1) is 12.9. The van der Waals surface area contributed by atoms with Crippen molar-refractivity contribution in [3.8, 4) is 0 Å². The van der Waals surface area contributed by atoms with Gasteiger partial charge in [-0.25, -0.2) is 4.98 Å². The summed E-state index contributed by atoms with van der Waals surface area (Å²) >= 11 is 6.00. The van der Waals surface area contributed by atoms with Gasteiger partial charge in [-0.3, -0.25) is 14.5 Å². The number of nitrogens with zero attached hydrogens (tertiary/aromatic N) is 2. The molecular weight excluding hydrogens is 364 g/mol. The number of hydrogen-bond donors (Lipinski definition) is 2. The van der Waals surface area contributed by atoms with Crippen molar-refractivity contribution < 1.29 is 4.79 Å². The Morgan fingerprint density at radius 1 is 1.26 bits per heavy atom. The van der Waals surface area contributed by atoms with Gasteiger partial charge in [-0.05, 0) is 43.8 Å². The standard InChI is InChI=1S/C20H21ClN4O2/c1-13(14-6-5-7-15(21)10-14)22-19(26)12-25(2)11-18-23-17-9-4-3-8-16(17)20(27)24-18/h3-10,13H,11-12H2,1-2H3,(H,22,26)(H,23,24,27). The number of H-pyrrole nitrogens is 1. The van der Waals surface area contributed by atoms with E-state index in [0.717, 1.165) is 5.56 Å². The minimum absolute atomic E-state index is 0.117. The monoisotopic (exact) mass is 384 g/mol. The molecule has 0 aliphatic carbocycles. The number of amides is 1. The molecule has 1 atom stereocenters. The lowest BCUT2D eigenvalue weighted by molar-refractivity contribution is -0.122. The number of fused-ring (bicyclic) bond motifs is 1. The highest BCUT2D eigenvalue weighted by atomic mass is 35.5. The summed E-state index contributed by atoms with van der Waals surface area (Å²) in [4.78, 5) is 33.5. The van der Waals surface area contributed by atoms with Crippen LogP contribution < -0.4 is 10.9 Å². The second-order valence-corrected chi connectivity index (χ2v) is 6.98. The molecule has 0 bridgehead atoms. The van der Waals surface area contributed by atoms with Crippen molar-refractivity contribution in [2.45, 2.75) is 19.5 Å². The molecule has 0 radical (unpaired) electrons. The fraction of sp³-hybridized carbons (Fsp3) is 0.250. The number of aromatic amines is 1. The summed E-state index contributed by atoms with van der Waals surface area (Å²) in [7, 11) is 1.80. The first-order valence-electron chi connectivity index (χ1n) is 8.63. The number of carbonyl (C=O) groups is 1. The molecule has 0 aliphatic rings. The van der Waals surface area contributed by atoms with Gasteiger partial charge < -0.3 is 10.3 Å². The molecule has 0 saturated heterocycles. The number of hydrogen-bond acceptors (Lipinski definition) is 4. The number of rotatable bonds is 6. The largest absolute Gasteiger partial charge is 0.348 e. The van der Waals surface area contributed by atoms with Gasteiger partial charge in [-0.15, -0.1) is 0 Å². The van der Waals surface area contributed by atoms with E-state index in [1.807, 2.05) is 31.2 Å². The zero-order valence-corrected chi connectivity index (χ0v) is 16.0. The molecule has 2 aromatic carbocycles. The maximum Gasteiger partial charge on any atom is 0.258 e. The highest BCUT2D eigenvalue weighted by molar-refractivity contribution is 6.30. The Hall–Kier alpha value is -2.70. The van der Waals surface area contributed by atoms with Gasteiger partial charge in [0.25, 0.3) is 5.56 Å². The highest BCUT2D eigenvalue weighted by Gasteiger charge is 2.13. The van der Waals surface area contributed by atoms with Crippen LogP contribution in [0.4, 0.5) is 0 Å². The molecule has 6 nitrogen and oxygen atoms in total. The maximum atomic E-state index is 12.3. The van der Waals surface area contributed by atoms with Crippen molar-refractivity contribution in [1.82, 2.24) is 20.2 Å². The average Bonchev–Trinajstić information content (AvgIpc) is 2.61. The number of nitrogens with one attached hydrogen (secondary N) is 2. The Morgan fingerprint density at radius 3 is 2.81 bits per heavy atom. The van der Waals surface area contributed by atoms with Gasteiger partial charge in [-0.2, -0.15) is 0 Å². The van der Waals surface area contributed by atoms with E-state index in [2.05, 4.69) is 15.3 Å². The first-order valence-corrected chi connectivity index (χ1v) is 9.01.